The van der Waals surface area contributed by atoms with E-state index in [1.54, 1.807) is 18.2 Å². The molecule has 0 saturated heterocycles. The molecule has 0 aliphatic carbocycles. The number of amides is 1. The predicted molar refractivity (Wildman–Crippen MR) is 54.9 cm³/mol. The summed E-state index contributed by atoms with van der Waals surface area (Å²) in [6.45, 7) is 2.35. The van der Waals surface area contributed by atoms with E-state index in [2.05, 4.69) is 5.32 Å². The number of benzene rings is 1. The zero-order chi connectivity index (χ0) is 10.4. The van der Waals surface area contributed by atoms with E-state index in [0.29, 0.717) is 13.0 Å². The van der Waals surface area contributed by atoms with E-state index in [1.165, 1.54) is 0 Å². The molecule has 1 amide bonds. The largest absolute Gasteiger partial charge is 0.508 e. The molecule has 1 aromatic rings. The van der Waals surface area contributed by atoms with Crippen LogP contribution in [0, 0.1) is 0 Å². The van der Waals surface area contributed by atoms with Crippen LogP contribution >= 0.6 is 0 Å². The number of para-hydroxylation sites is 1. The highest BCUT2D eigenvalue weighted by Crippen LogP contribution is 2.14. The molecule has 14 heavy (non-hydrogen) atoms. The molecule has 1 rings (SSSR count). The number of phenolic OH excluding ortho intramolecular Hbond substituents is 1. The van der Waals surface area contributed by atoms with Gasteiger partial charge in [0.25, 0.3) is 0 Å². The molecule has 0 radical (unpaired) electrons. The predicted octanol–water partition coefficient (Wildman–Crippen LogP) is 1.81. The van der Waals surface area contributed by atoms with Crippen LogP contribution in [0.15, 0.2) is 24.3 Å². The summed E-state index contributed by atoms with van der Waals surface area (Å²) in [7, 11) is 0. The third-order valence-corrected chi connectivity index (χ3v) is 1.94. The summed E-state index contributed by atoms with van der Waals surface area (Å²) in [5.74, 6) is 0.250. The quantitative estimate of drug-likeness (QED) is 0.766. The van der Waals surface area contributed by atoms with Gasteiger partial charge >= 0.3 is 0 Å². The lowest BCUT2D eigenvalue weighted by Crippen LogP contribution is -2.22. The first-order valence-electron chi connectivity index (χ1n) is 4.77. The minimum atomic E-state index is 0.0238. The zero-order valence-corrected chi connectivity index (χ0v) is 8.29. The van der Waals surface area contributed by atoms with Gasteiger partial charge in [0.1, 0.15) is 5.75 Å². The number of hydrogen-bond donors (Lipinski definition) is 2. The molecule has 0 unspecified atom stereocenters. The second-order valence-corrected chi connectivity index (χ2v) is 3.16. The summed E-state index contributed by atoms with van der Waals surface area (Å²) in [4.78, 5) is 11.1. The molecule has 3 nitrogen and oxygen atoms in total. The number of hydrogen-bond acceptors (Lipinski definition) is 2. The van der Waals surface area contributed by atoms with Gasteiger partial charge < -0.3 is 10.4 Å². The highest BCUT2D eigenvalue weighted by molar-refractivity contribution is 5.75. The topological polar surface area (TPSA) is 49.3 Å². The Balaban J connectivity index is 2.46. The van der Waals surface area contributed by atoms with Crippen LogP contribution in [-0.2, 0) is 11.3 Å². The number of carbonyl (C=O) groups excluding carboxylic acids is 1. The Labute approximate surface area is 83.8 Å². The van der Waals surface area contributed by atoms with E-state index in [1.807, 2.05) is 13.0 Å². The second-order valence-electron chi connectivity index (χ2n) is 3.16. The molecule has 0 aliphatic rings. The number of carbonyl (C=O) groups is 1. The second kappa shape index (κ2) is 5.27. The van der Waals surface area contributed by atoms with Crippen molar-refractivity contribution >= 4 is 5.91 Å². The number of nitrogens with one attached hydrogen (secondary N) is 1. The molecule has 1 aromatic carbocycles. The van der Waals surface area contributed by atoms with E-state index in [0.717, 1.165) is 12.0 Å². The standard InChI is InChI=1S/C11H15NO2/c1-2-5-11(14)12-8-9-6-3-4-7-10(9)13/h3-4,6-7,13H,2,5,8H2,1H3,(H,12,14). The van der Waals surface area contributed by atoms with Gasteiger partial charge in [0.15, 0.2) is 0 Å². The van der Waals surface area contributed by atoms with Gasteiger partial charge in [0.2, 0.25) is 5.91 Å². The lowest BCUT2D eigenvalue weighted by atomic mass is 10.2. The number of aromatic hydroxyl groups is 1. The van der Waals surface area contributed by atoms with Crippen molar-refractivity contribution < 1.29 is 9.90 Å². The molecular formula is C11H15NO2. The Morgan fingerprint density at radius 2 is 2.14 bits per heavy atom. The molecule has 0 fully saturated rings. The maximum absolute atomic E-state index is 11.1. The van der Waals surface area contributed by atoms with Gasteiger partial charge in [-0.1, -0.05) is 25.1 Å². The Morgan fingerprint density at radius 1 is 1.43 bits per heavy atom. The van der Waals surface area contributed by atoms with Crippen molar-refractivity contribution in [1.82, 2.24) is 5.32 Å². The number of rotatable bonds is 4. The van der Waals surface area contributed by atoms with E-state index >= 15 is 0 Å². The van der Waals surface area contributed by atoms with Gasteiger partial charge in [-0.2, -0.15) is 0 Å². The molecule has 0 atom stereocenters. The third kappa shape index (κ3) is 3.09. The van der Waals surface area contributed by atoms with Crippen molar-refractivity contribution in [3.05, 3.63) is 29.8 Å². The average Bonchev–Trinajstić information content (AvgIpc) is 2.17. The smallest absolute Gasteiger partial charge is 0.220 e. The lowest BCUT2D eigenvalue weighted by Gasteiger charge is -2.05. The van der Waals surface area contributed by atoms with Crippen LogP contribution in [0.5, 0.6) is 5.75 Å². The maximum Gasteiger partial charge on any atom is 0.220 e. The lowest BCUT2D eigenvalue weighted by molar-refractivity contribution is -0.121. The summed E-state index contributed by atoms with van der Waals surface area (Å²) >= 11 is 0. The molecule has 0 aromatic heterocycles. The van der Waals surface area contributed by atoms with Crippen LogP contribution in [0.2, 0.25) is 0 Å². The van der Waals surface area contributed by atoms with Crippen LogP contribution in [0.4, 0.5) is 0 Å². The van der Waals surface area contributed by atoms with E-state index in [9.17, 15) is 9.90 Å². The molecule has 0 spiro atoms. The van der Waals surface area contributed by atoms with Gasteiger partial charge in [-0.05, 0) is 12.5 Å². The third-order valence-electron chi connectivity index (χ3n) is 1.94. The Bertz CT molecular complexity index is 310. The molecule has 0 heterocycles. The fraction of sp³-hybridized carbons (Fsp3) is 0.364. The van der Waals surface area contributed by atoms with Crippen molar-refractivity contribution in [3.8, 4) is 5.75 Å². The van der Waals surface area contributed by atoms with Crippen molar-refractivity contribution in [2.75, 3.05) is 0 Å². The average molecular weight is 193 g/mol. The van der Waals surface area contributed by atoms with Crippen molar-refractivity contribution in [2.45, 2.75) is 26.3 Å². The fourth-order valence-electron chi connectivity index (χ4n) is 1.17. The van der Waals surface area contributed by atoms with Crippen LogP contribution in [0.3, 0.4) is 0 Å². The summed E-state index contributed by atoms with van der Waals surface area (Å²) in [6, 6.07) is 7.00. The number of phenols is 1. The minimum absolute atomic E-state index is 0.0238. The highest BCUT2D eigenvalue weighted by Gasteiger charge is 2.02. The van der Waals surface area contributed by atoms with Crippen molar-refractivity contribution in [2.24, 2.45) is 0 Å². The normalized spacial score (nSPS) is 9.79. The minimum Gasteiger partial charge on any atom is -0.508 e. The molecule has 3 heteroatoms. The van der Waals surface area contributed by atoms with Gasteiger partial charge in [0.05, 0.1) is 0 Å². The first kappa shape index (κ1) is 10.6. The van der Waals surface area contributed by atoms with Gasteiger partial charge in [0, 0.05) is 18.5 Å². The van der Waals surface area contributed by atoms with Gasteiger partial charge in [-0.25, -0.2) is 0 Å². The molecule has 2 N–H and O–H groups in total. The van der Waals surface area contributed by atoms with E-state index in [4.69, 9.17) is 0 Å². The maximum atomic E-state index is 11.1. The fourth-order valence-corrected chi connectivity index (χ4v) is 1.17. The first-order chi connectivity index (χ1) is 6.74. The first-order valence-corrected chi connectivity index (χ1v) is 4.77. The van der Waals surface area contributed by atoms with Crippen LogP contribution in [0.1, 0.15) is 25.3 Å². The molecule has 76 valence electrons. The molecular weight excluding hydrogens is 178 g/mol. The Morgan fingerprint density at radius 3 is 2.79 bits per heavy atom. The SMILES string of the molecule is CCCC(=O)NCc1ccccc1O. The van der Waals surface area contributed by atoms with Gasteiger partial charge in [-0.15, -0.1) is 0 Å². The molecule has 0 bridgehead atoms. The highest BCUT2D eigenvalue weighted by atomic mass is 16.3. The van der Waals surface area contributed by atoms with Crippen molar-refractivity contribution in [1.29, 1.82) is 0 Å². The Kier molecular flexibility index (Phi) is 3.98. The van der Waals surface area contributed by atoms with Crippen molar-refractivity contribution in [3.63, 3.8) is 0 Å². The van der Waals surface area contributed by atoms with E-state index in [-0.39, 0.29) is 11.7 Å². The Hall–Kier alpha value is -1.51. The van der Waals surface area contributed by atoms with Gasteiger partial charge in [-0.3, -0.25) is 4.79 Å². The summed E-state index contributed by atoms with van der Waals surface area (Å²) < 4.78 is 0. The van der Waals surface area contributed by atoms with Crippen LogP contribution < -0.4 is 5.32 Å². The summed E-state index contributed by atoms with van der Waals surface area (Å²) in [6.07, 6.45) is 1.38. The van der Waals surface area contributed by atoms with Crippen LogP contribution in [0.25, 0.3) is 0 Å². The summed E-state index contributed by atoms with van der Waals surface area (Å²) in [5, 5.41) is 12.1. The zero-order valence-electron chi connectivity index (χ0n) is 8.29. The molecule has 0 aliphatic heterocycles. The monoisotopic (exact) mass is 193 g/mol. The van der Waals surface area contributed by atoms with E-state index < -0.39 is 0 Å². The molecule has 0 saturated carbocycles. The summed E-state index contributed by atoms with van der Waals surface area (Å²) in [5.41, 5.74) is 0.747. The van der Waals surface area contributed by atoms with Crippen LogP contribution in [-0.4, -0.2) is 11.0 Å².